The highest BCUT2D eigenvalue weighted by Crippen LogP contribution is 2.47. The predicted molar refractivity (Wildman–Crippen MR) is 120 cm³/mol. The van der Waals surface area contributed by atoms with E-state index in [4.69, 9.17) is 9.47 Å². The monoisotopic (exact) mass is 403 g/mol. The van der Waals surface area contributed by atoms with Gasteiger partial charge in [0.1, 0.15) is 5.75 Å². The first-order valence-corrected chi connectivity index (χ1v) is 10.5. The van der Waals surface area contributed by atoms with Gasteiger partial charge in [-0.05, 0) is 42.0 Å². The van der Waals surface area contributed by atoms with Gasteiger partial charge in [-0.2, -0.15) is 0 Å². The van der Waals surface area contributed by atoms with Gasteiger partial charge >= 0.3 is 5.97 Å². The van der Waals surface area contributed by atoms with Gasteiger partial charge in [0, 0.05) is 29.1 Å². The minimum atomic E-state index is -0.183. The van der Waals surface area contributed by atoms with Crippen LogP contribution in [0.1, 0.15) is 32.2 Å². The zero-order valence-electron chi connectivity index (χ0n) is 18.2. The van der Waals surface area contributed by atoms with Crippen LogP contribution >= 0.6 is 0 Å². The van der Waals surface area contributed by atoms with Crippen LogP contribution in [0.5, 0.6) is 5.75 Å². The van der Waals surface area contributed by atoms with Crippen molar-refractivity contribution in [1.82, 2.24) is 4.57 Å². The summed E-state index contributed by atoms with van der Waals surface area (Å²) in [5.41, 5.74) is 7.12. The van der Waals surface area contributed by atoms with E-state index in [1.54, 1.807) is 7.11 Å². The number of carbonyl (C=O) groups is 1. The van der Waals surface area contributed by atoms with Crippen molar-refractivity contribution in [3.63, 3.8) is 0 Å². The maximum absolute atomic E-state index is 12.5. The quantitative estimate of drug-likeness (QED) is 0.509. The first-order chi connectivity index (χ1) is 14.4. The SMILES string of the molecule is CCOC(=O)Cc1c(-c2ccc(OC)cc2)c(-c2ccccc2)c2n1CC(C)(C)C2. The Kier molecular flexibility index (Phi) is 5.42. The van der Waals surface area contributed by atoms with Crippen LogP contribution in [-0.4, -0.2) is 24.3 Å². The van der Waals surface area contributed by atoms with Crippen molar-refractivity contribution < 1.29 is 14.3 Å². The summed E-state index contributed by atoms with van der Waals surface area (Å²) in [5, 5.41) is 0. The Labute approximate surface area is 178 Å². The highest BCUT2D eigenvalue weighted by molar-refractivity contribution is 5.90. The van der Waals surface area contributed by atoms with Crippen molar-refractivity contribution >= 4 is 5.97 Å². The molecule has 156 valence electrons. The van der Waals surface area contributed by atoms with E-state index < -0.39 is 0 Å². The molecule has 1 aromatic heterocycles. The molecule has 2 aromatic carbocycles. The predicted octanol–water partition coefficient (Wildman–Crippen LogP) is 5.52. The van der Waals surface area contributed by atoms with E-state index in [1.807, 2.05) is 25.1 Å². The number of hydrogen-bond acceptors (Lipinski definition) is 3. The van der Waals surface area contributed by atoms with E-state index >= 15 is 0 Å². The molecule has 0 amide bonds. The van der Waals surface area contributed by atoms with Crippen LogP contribution in [-0.2, 0) is 28.9 Å². The van der Waals surface area contributed by atoms with Gasteiger partial charge < -0.3 is 14.0 Å². The summed E-state index contributed by atoms with van der Waals surface area (Å²) in [5.74, 6) is 0.636. The molecule has 1 aliphatic heterocycles. The summed E-state index contributed by atoms with van der Waals surface area (Å²) in [4.78, 5) is 12.5. The lowest BCUT2D eigenvalue weighted by Crippen LogP contribution is -2.16. The first-order valence-electron chi connectivity index (χ1n) is 10.5. The van der Waals surface area contributed by atoms with E-state index in [-0.39, 0.29) is 17.8 Å². The van der Waals surface area contributed by atoms with Crippen LogP contribution < -0.4 is 4.74 Å². The Balaban J connectivity index is 1.96. The third kappa shape index (κ3) is 3.74. The lowest BCUT2D eigenvalue weighted by Gasteiger charge is -2.19. The van der Waals surface area contributed by atoms with Crippen LogP contribution in [0.2, 0.25) is 0 Å². The van der Waals surface area contributed by atoms with Gasteiger partial charge in [-0.15, -0.1) is 0 Å². The fraction of sp³-hybridized carbons (Fsp3) is 0.346. The maximum Gasteiger partial charge on any atom is 0.311 e. The number of fused-ring (bicyclic) bond motifs is 1. The Morgan fingerprint density at radius 3 is 2.30 bits per heavy atom. The van der Waals surface area contributed by atoms with Gasteiger partial charge in [0.05, 0.1) is 20.1 Å². The van der Waals surface area contributed by atoms with Crippen LogP contribution in [0, 0.1) is 5.41 Å². The highest BCUT2D eigenvalue weighted by atomic mass is 16.5. The Morgan fingerprint density at radius 1 is 1.00 bits per heavy atom. The molecule has 4 nitrogen and oxygen atoms in total. The van der Waals surface area contributed by atoms with Crippen LogP contribution in [0.25, 0.3) is 22.3 Å². The van der Waals surface area contributed by atoms with Crippen molar-refractivity contribution in [3.05, 3.63) is 66.0 Å². The summed E-state index contributed by atoms with van der Waals surface area (Å²) in [6.45, 7) is 7.71. The minimum absolute atomic E-state index is 0.153. The number of methoxy groups -OCH3 is 1. The molecule has 0 radical (unpaired) electrons. The second-order valence-corrected chi connectivity index (χ2v) is 8.65. The molecule has 0 spiro atoms. The topological polar surface area (TPSA) is 40.5 Å². The van der Waals surface area contributed by atoms with Crippen LogP contribution in [0.4, 0.5) is 0 Å². The number of hydrogen-bond donors (Lipinski definition) is 0. The van der Waals surface area contributed by atoms with Gasteiger partial charge in [-0.25, -0.2) is 0 Å². The van der Waals surface area contributed by atoms with Crippen molar-refractivity contribution in [2.75, 3.05) is 13.7 Å². The molecule has 0 bridgehead atoms. The second-order valence-electron chi connectivity index (χ2n) is 8.65. The number of carbonyl (C=O) groups excluding carboxylic acids is 1. The lowest BCUT2D eigenvalue weighted by molar-refractivity contribution is -0.142. The molecule has 1 aliphatic rings. The van der Waals surface area contributed by atoms with Crippen molar-refractivity contribution in [1.29, 1.82) is 0 Å². The molecule has 4 rings (SSSR count). The third-order valence-electron chi connectivity index (χ3n) is 5.77. The van der Waals surface area contributed by atoms with Gasteiger partial charge in [-0.1, -0.05) is 56.3 Å². The number of aromatic nitrogens is 1. The highest BCUT2D eigenvalue weighted by Gasteiger charge is 2.36. The molecule has 0 N–H and O–H groups in total. The molecule has 0 aliphatic carbocycles. The van der Waals surface area contributed by atoms with E-state index in [0.29, 0.717) is 6.61 Å². The number of esters is 1. The van der Waals surface area contributed by atoms with Crippen molar-refractivity contribution in [2.45, 2.75) is 40.2 Å². The van der Waals surface area contributed by atoms with Gasteiger partial charge in [0.25, 0.3) is 0 Å². The summed E-state index contributed by atoms with van der Waals surface area (Å²) in [6.07, 6.45) is 1.24. The Morgan fingerprint density at radius 2 is 1.67 bits per heavy atom. The van der Waals surface area contributed by atoms with E-state index in [2.05, 4.69) is 54.8 Å². The fourth-order valence-corrected chi connectivity index (χ4v) is 4.55. The van der Waals surface area contributed by atoms with Crippen LogP contribution in [0.3, 0.4) is 0 Å². The molecule has 0 unspecified atom stereocenters. The summed E-state index contributed by atoms with van der Waals surface area (Å²) in [6, 6.07) is 18.6. The maximum atomic E-state index is 12.5. The summed E-state index contributed by atoms with van der Waals surface area (Å²) in [7, 11) is 1.67. The molecule has 0 fully saturated rings. The molecule has 4 heteroatoms. The Bertz CT molecular complexity index is 1050. The smallest absolute Gasteiger partial charge is 0.311 e. The van der Waals surface area contributed by atoms with Crippen molar-refractivity contribution in [2.24, 2.45) is 5.41 Å². The van der Waals surface area contributed by atoms with E-state index in [9.17, 15) is 4.79 Å². The molecule has 2 heterocycles. The average molecular weight is 404 g/mol. The molecule has 0 saturated carbocycles. The zero-order chi connectivity index (χ0) is 21.3. The largest absolute Gasteiger partial charge is 0.497 e. The minimum Gasteiger partial charge on any atom is -0.497 e. The summed E-state index contributed by atoms with van der Waals surface area (Å²) >= 11 is 0. The third-order valence-corrected chi connectivity index (χ3v) is 5.77. The molecule has 3 aromatic rings. The number of rotatable bonds is 6. The van der Waals surface area contributed by atoms with E-state index in [0.717, 1.165) is 35.5 Å². The zero-order valence-corrected chi connectivity index (χ0v) is 18.2. The lowest BCUT2D eigenvalue weighted by atomic mass is 9.86. The summed E-state index contributed by atoms with van der Waals surface area (Å²) < 4.78 is 13.0. The van der Waals surface area contributed by atoms with Gasteiger partial charge in [-0.3, -0.25) is 4.79 Å². The Hall–Kier alpha value is -3.01. The number of benzene rings is 2. The van der Waals surface area contributed by atoms with Gasteiger partial charge in [0.2, 0.25) is 0 Å². The molecule has 0 saturated heterocycles. The second kappa shape index (κ2) is 8.02. The molecule has 30 heavy (non-hydrogen) atoms. The van der Waals surface area contributed by atoms with Crippen LogP contribution in [0.15, 0.2) is 54.6 Å². The molecular weight excluding hydrogens is 374 g/mol. The van der Waals surface area contributed by atoms with E-state index in [1.165, 1.54) is 16.8 Å². The average Bonchev–Trinajstić information content (AvgIpc) is 3.19. The van der Waals surface area contributed by atoms with Crippen molar-refractivity contribution in [3.8, 4) is 28.0 Å². The normalized spacial score (nSPS) is 14.4. The molecular formula is C26H29NO3. The standard InChI is InChI=1S/C26H29NO3/c1-5-30-23(28)15-21-24(19-11-13-20(29-4)14-12-19)25(18-9-7-6-8-10-18)22-16-26(2,3)17-27(21)22/h6-14H,5,15-17H2,1-4H3. The fourth-order valence-electron chi connectivity index (χ4n) is 4.55. The van der Waals surface area contributed by atoms with Gasteiger partial charge in [0.15, 0.2) is 0 Å². The number of ether oxygens (including phenoxy) is 2. The molecule has 0 atom stereocenters. The first kappa shape index (κ1) is 20.3. The number of nitrogens with zero attached hydrogens (tertiary/aromatic N) is 1.